The molecule has 1 saturated heterocycles. The fourth-order valence-electron chi connectivity index (χ4n) is 2.80. The van der Waals surface area contributed by atoms with E-state index in [0.717, 1.165) is 18.2 Å². The molecule has 1 fully saturated rings. The molecular formula is C17H20F2N2O2. The number of benzene rings is 1. The van der Waals surface area contributed by atoms with Gasteiger partial charge in [-0.15, -0.1) is 0 Å². The van der Waals surface area contributed by atoms with Crippen LogP contribution in [0.3, 0.4) is 0 Å². The number of hydrogen-bond donors (Lipinski definition) is 0. The summed E-state index contributed by atoms with van der Waals surface area (Å²) in [7, 11) is 0. The van der Waals surface area contributed by atoms with Gasteiger partial charge in [0.05, 0.1) is 12.6 Å². The van der Waals surface area contributed by atoms with E-state index in [0.29, 0.717) is 25.9 Å². The van der Waals surface area contributed by atoms with Crippen molar-refractivity contribution in [1.29, 1.82) is 0 Å². The maximum absolute atomic E-state index is 13.9. The van der Waals surface area contributed by atoms with Crippen LogP contribution in [-0.4, -0.2) is 40.7 Å². The number of halogens is 2. The number of carbonyl (C=O) groups excluding carboxylic acids is 2. The van der Waals surface area contributed by atoms with Crippen molar-refractivity contribution in [3.63, 3.8) is 0 Å². The monoisotopic (exact) mass is 322 g/mol. The van der Waals surface area contributed by atoms with Crippen molar-refractivity contribution >= 4 is 11.8 Å². The molecule has 1 atom stereocenters. The Labute approximate surface area is 134 Å². The van der Waals surface area contributed by atoms with Gasteiger partial charge in [-0.1, -0.05) is 19.6 Å². The molecule has 0 radical (unpaired) electrons. The minimum absolute atomic E-state index is 0.00979. The smallest absolute Gasteiger partial charge is 0.246 e. The Morgan fingerprint density at radius 3 is 2.61 bits per heavy atom. The molecule has 1 aromatic rings. The summed E-state index contributed by atoms with van der Waals surface area (Å²) in [6.45, 7) is 5.96. The van der Waals surface area contributed by atoms with Crippen molar-refractivity contribution < 1.29 is 18.4 Å². The number of amides is 2. The number of rotatable bonds is 5. The van der Waals surface area contributed by atoms with Crippen LogP contribution in [0.4, 0.5) is 8.78 Å². The highest BCUT2D eigenvalue weighted by atomic mass is 19.1. The van der Waals surface area contributed by atoms with E-state index < -0.39 is 17.5 Å². The zero-order valence-electron chi connectivity index (χ0n) is 13.1. The molecule has 0 saturated carbocycles. The minimum atomic E-state index is -0.689. The first-order valence-corrected chi connectivity index (χ1v) is 7.61. The fraction of sp³-hybridized carbons (Fsp3) is 0.412. The first kappa shape index (κ1) is 17.1. The van der Waals surface area contributed by atoms with Crippen LogP contribution in [0.25, 0.3) is 0 Å². The molecule has 6 heteroatoms. The number of nitrogens with zero attached hydrogens (tertiary/aromatic N) is 2. The average molecular weight is 322 g/mol. The van der Waals surface area contributed by atoms with Gasteiger partial charge >= 0.3 is 0 Å². The lowest BCUT2D eigenvalue weighted by molar-refractivity contribution is -0.132. The van der Waals surface area contributed by atoms with Gasteiger partial charge in [-0.25, -0.2) is 8.78 Å². The van der Waals surface area contributed by atoms with Gasteiger partial charge in [0.25, 0.3) is 0 Å². The van der Waals surface area contributed by atoms with Crippen molar-refractivity contribution in [2.45, 2.75) is 32.4 Å². The van der Waals surface area contributed by atoms with Crippen LogP contribution in [0.2, 0.25) is 0 Å². The third kappa shape index (κ3) is 3.75. The zero-order valence-corrected chi connectivity index (χ0v) is 13.1. The zero-order chi connectivity index (χ0) is 17.0. The quantitative estimate of drug-likeness (QED) is 0.782. The number of likely N-dealkylation sites (tertiary alicyclic amines) is 1. The van der Waals surface area contributed by atoms with Gasteiger partial charge in [0.2, 0.25) is 11.8 Å². The van der Waals surface area contributed by atoms with Crippen molar-refractivity contribution in [2.75, 3.05) is 13.1 Å². The Morgan fingerprint density at radius 2 is 2.04 bits per heavy atom. The highest BCUT2D eigenvalue weighted by Gasteiger charge is 2.32. The predicted molar refractivity (Wildman–Crippen MR) is 82.4 cm³/mol. The number of carbonyl (C=O) groups is 2. The summed E-state index contributed by atoms with van der Waals surface area (Å²) in [5.41, 5.74) is -0.150. The molecule has 0 aromatic heterocycles. The largest absolute Gasteiger partial charge is 0.341 e. The standard InChI is InChI=1S/C17H20F2N2O2/c1-3-16(22)20-9-8-12(10-20)21(17(23)4-2)11-13-14(18)6-5-7-15(13)19/h4-7,12H,2-3,8-11H2,1H3/t12-/m0/s1. The van der Waals surface area contributed by atoms with Gasteiger partial charge in [0, 0.05) is 25.1 Å². The molecule has 2 rings (SSSR count). The molecule has 0 N–H and O–H groups in total. The summed E-state index contributed by atoms with van der Waals surface area (Å²) >= 11 is 0. The maximum atomic E-state index is 13.9. The van der Waals surface area contributed by atoms with Crippen LogP contribution in [0.15, 0.2) is 30.9 Å². The normalized spacial score (nSPS) is 17.2. The molecule has 1 aliphatic rings. The molecule has 1 aliphatic heterocycles. The first-order valence-electron chi connectivity index (χ1n) is 7.61. The summed E-state index contributed by atoms with van der Waals surface area (Å²) in [5, 5.41) is 0. The van der Waals surface area contributed by atoms with E-state index in [9.17, 15) is 18.4 Å². The molecule has 23 heavy (non-hydrogen) atoms. The first-order chi connectivity index (χ1) is 11.0. The molecule has 0 bridgehead atoms. The lowest BCUT2D eigenvalue weighted by atomic mass is 10.1. The van der Waals surface area contributed by atoms with Crippen LogP contribution < -0.4 is 0 Å². The Morgan fingerprint density at radius 1 is 1.39 bits per heavy atom. The third-order valence-corrected chi connectivity index (χ3v) is 4.11. The Balaban J connectivity index is 2.20. The Hall–Kier alpha value is -2.24. The van der Waals surface area contributed by atoms with Crippen molar-refractivity contribution in [3.05, 3.63) is 48.1 Å². The van der Waals surface area contributed by atoms with E-state index in [2.05, 4.69) is 6.58 Å². The highest BCUT2D eigenvalue weighted by molar-refractivity contribution is 5.87. The second-order valence-corrected chi connectivity index (χ2v) is 5.51. The van der Waals surface area contributed by atoms with Crippen LogP contribution in [-0.2, 0) is 16.1 Å². The van der Waals surface area contributed by atoms with Crippen LogP contribution in [0.1, 0.15) is 25.3 Å². The molecule has 1 heterocycles. The summed E-state index contributed by atoms with van der Waals surface area (Å²) in [5.74, 6) is -1.77. The predicted octanol–water partition coefficient (Wildman–Crippen LogP) is 2.49. The number of hydrogen-bond acceptors (Lipinski definition) is 2. The SMILES string of the molecule is C=CC(=O)N(Cc1c(F)cccc1F)[C@H]1CCN(C(=O)CC)C1. The van der Waals surface area contributed by atoms with E-state index in [1.54, 1.807) is 11.8 Å². The van der Waals surface area contributed by atoms with E-state index in [1.807, 2.05) is 0 Å². The van der Waals surface area contributed by atoms with E-state index in [-0.39, 0.29) is 24.1 Å². The Kier molecular flexibility index (Phi) is 5.47. The summed E-state index contributed by atoms with van der Waals surface area (Å²) in [4.78, 5) is 27.0. The summed E-state index contributed by atoms with van der Waals surface area (Å²) in [6.07, 6.45) is 2.11. The maximum Gasteiger partial charge on any atom is 0.246 e. The van der Waals surface area contributed by atoms with Gasteiger partial charge in [-0.2, -0.15) is 0 Å². The summed E-state index contributed by atoms with van der Waals surface area (Å²) < 4.78 is 27.7. The Bertz CT molecular complexity index is 598. The lowest BCUT2D eigenvalue weighted by Gasteiger charge is -2.28. The van der Waals surface area contributed by atoms with Crippen molar-refractivity contribution in [3.8, 4) is 0 Å². The molecule has 124 valence electrons. The highest BCUT2D eigenvalue weighted by Crippen LogP contribution is 2.22. The average Bonchev–Trinajstić information content (AvgIpc) is 3.03. The van der Waals surface area contributed by atoms with Gasteiger partial charge < -0.3 is 9.80 Å². The second-order valence-electron chi connectivity index (χ2n) is 5.51. The van der Waals surface area contributed by atoms with Gasteiger partial charge in [-0.3, -0.25) is 9.59 Å². The summed E-state index contributed by atoms with van der Waals surface area (Å²) in [6, 6.07) is 3.34. The van der Waals surface area contributed by atoms with E-state index in [1.165, 1.54) is 11.0 Å². The van der Waals surface area contributed by atoms with Gasteiger partial charge in [-0.05, 0) is 24.6 Å². The van der Waals surface area contributed by atoms with E-state index in [4.69, 9.17) is 0 Å². The van der Waals surface area contributed by atoms with E-state index >= 15 is 0 Å². The van der Waals surface area contributed by atoms with Gasteiger partial charge in [0.15, 0.2) is 0 Å². The molecule has 0 unspecified atom stereocenters. The minimum Gasteiger partial charge on any atom is -0.341 e. The topological polar surface area (TPSA) is 40.6 Å². The van der Waals surface area contributed by atoms with Gasteiger partial charge in [0.1, 0.15) is 11.6 Å². The second kappa shape index (κ2) is 7.35. The third-order valence-electron chi connectivity index (χ3n) is 4.11. The molecule has 2 amide bonds. The molecule has 4 nitrogen and oxygen atoms in total. The van der Waals surface area contributed by atoms with Crippen LogP contribution >= 0.6 is 0 Å². The lowest BCUT2D eigenvalue weighted by Crippen LogP contribution is -2.41. The molecular weight excluding hydrogens is 302 g/mol. The molecule has 1 aromatic carbocycles. The van der Waals surface area contributed by atoms with Crippen LogP contribution in [0, 0.1) is 11.6 Å². The van der Waals surface area contributed by atoms with Crippen molar-refractivity contribution in [1.82, 2.24) is 9.80 Å². The molecule has 0 aliphatic carbocycles. The fourth-order valence-corrected chi connectivity index (χ4v) is 2.80. The van der Waals surface area contributed by atoms with Crippen molar-refractivity contribution in [2.24, 2.45) is 0 Å². The van der Waals surface area contributed by atoms with Crippen LogP contribution in [0.5, 0.6) is 0 Å². The molecule has 0 spiro atoms.